The second kappa shape index (κ2) is 3.65. The number of nitrogens with one attached hydrogen (secondary N) is 1. The highest BCUT2D eigenvalue weighted by Crippen LogP contribution is 2.28. The Morgan fingerprint density at radius 1 is 1.47 bits per heavy atom. The van der Waals surface area contributed by atoms with Gasteiger partial charge in [0, 0.05) is 0 Å². The van der Waals surface area contributed by atoms with Gasteiger partial charge in [-0.1, -0.05) is 39.4 Å². The second-order valence-corrected chi connectivity index (χ2v) is 10.2. The average molecular weight is 225 g/mol. The number of carbonyl (C=O) groups excluding carboxylic acids is 1. The monoisotopic (exact) mass is 225 g/mol. The van der Waals surface area contributed by atoms with Crippen LogP contribution >= 0.6 is 0 Å². The number of aliphatic hydroxyl groups is 1. The van der Waals surface area contributed by atoms with Crippen molar-refractivity contribution >= 4 is 14.0 Å². The molecule has 4 heteroatoms. The molecule has 0 radical (unpaired) electrons. The lowest BCUT2D eigenvalue weighted by atomic mass is 9.76. The SMILES string of the molecule is CC(C)[C@]1(O)C(=O)N[C@@H]1C#C[Si](C)(C)C. The Bertz CT molecular complexity index is 335. The van der Waals surface area contributed by atoms with Crippen molar-refractivity contribution in [2.75, 3.05) is 0 Å². The Kier molecular flexibility index (Phi) is 2.99. The van der Waals surface area contributed by atoms with E-state index in [1.807, 2.05) is 13.8 Å². The van der Waals surface area contributed by atoms with Crippen LogP contribution in [0.3, 0.4) is 0 Å². The zero-order valence-corrected chi connectivity index (χ0v) is 11.0. The van der Waals surface area contributed by atoms with E-state index < -0.39 is 19.7 Å². The van der Waals surface area contributed by atoms with E-state index in [1.54, 1.807) is 0 Å². The van der Waals surface area contributed by atoms with Gasteiger partial charge in [0.1, 0.15) is 14.1 Å². The van der Waals surface area contributed by atoms with Crippen LogP contribution in [0.4, 0.5) is 0 Å². The Balaban J connectivity index is 2.82. The quantitative estimate of drug-likeness (QED) is 0.393. The maximum Gasteiger partial charge on any atom is 0.256 e. The van der Waals surface area contributed by atoms with Gasteiger partial charge in [0.15, 0.2) is 5.60 Å². The van der Waals surface area contributed by atoms with Gasteiger partial charge in [0.25, 0.3) is 5.91 Å². The van der Waals surface area contributed by atoms with Crippen LogP contribution in [0.15, 0.2) is 0 Å². The fraction of sp³-hybridized carbons (Fsp3) is 0.727. The highest BCUT2D eigenvalue weighted by molar-refractivity contribution is 6.83. The predicted molar refractivity (Wildman–Crippen MR) is 62.8 cm³/mol. The molecule has 0 bridgehead atoms. The summed E-state index contributed by atoms with van der Waals surface area (Å²) in [6.45, 7) is 10.1. The third kappa shape index (κ3) is 2.24. The molecule has 1 amide bonds. The summed E-state index contributed by atoms with van der Waals surface area (Å²) in [5.41, 5.74) is 1.88. The molecule has 0 aromatic heterocycles. The van der Waals surface area contributed by atoms with Crippen LogP contribution in [-0.2, 0) is 4.79 Å². The molecule has 1 fully saturated rings. The third-order valence-corrected chi connectivity index (χ3v) is 3.45. The van der Waals surface area contributed by atoms with Crippen LogP contribution < -0.4 is 5.32 Å². The highest BCUT2D eigenvalue weighted by Gasteiger charge is 2.55. The van der Waals surface area contributed by atoms with E-state index in [1.165, 1.54) is 0 Å². The molecule has 0 spiro atoms. The molecule has 1 heterocycles. The van der Waals surface area contributed by atoms with Crippen molar-refractivity contribution in [2.24, 2.45) is 5.92 Å². The van der Waals surface area contributed by atoms with Gasteiger partial charge in [-0.25, -0.2) is 0 Å². The van der Waals surface area contributed by atoms with Gasteiger partial charge >= 0.3 is 0 Å². The summed E-state index contributed by atoms with van der Waals surface area (Å²) in [6, 6.07) is -0.392. The summed E-state index contributed by atoms with van der Waals surface area (Å²) in [4.78, 5) is 11.3. The molecule has 2 N–H and O–H groups in total. The van der Waals surface area contributed by atoms with Gasteiger partial charge in [0.2, 0.25) is 0 Å². The average Bonchev–Trinajstić information content (AvgIpc) is 2.08. The van der Waals surface area contributed by atoms with Gasteiger partial charge < -0.3 is 10.4 Å². The molecule has 84 valence electrons. The van der Waals surface area contributed by atoms with Crippen LogP contribution in [0.5, 0.6) is 0 Å². The Morgan fingerprint density at radius 3 is 2.33 bits per heavy atom. The molecule has 0 aromatic rings. The zero-order valence-electron chi connectivity index (χ0n) is 10.0. The molecule has 1 aliphatic rings. The van der Waals surface area contributed by atoms with Crippen LogP contribution in [0.25, 0.3) is 0 Å². The molecule has 15 heavy (non-hydrogen) atoms. The molecule has 0 saturated carbocycles. The van der Waals surface area contributed by atoms with Crippen LogP contribution in [0.2, 0.25) is 19.6 Å². The molecule has 1 saturated heterocycles. The van der Waals surface area contributed by atoms with E-state index in [0.29, 0.717) is 0 Å². The van der Waals surface area contributed by atoms with Crippen molar-refractivity contribution in [1.82, 2.24) is 5.32 Å². The predicted octanol–water partition coefficient (Wildman–Crippen LogP) is 0.753. The van der Waals surface area contributed by atoms with Gasteiger partial charge in [-0.3, -0.25) is 4.79 Å². The lowest BCUT2D eigenvalue weighted by molar-refractivity contribution is -0.163. The fourth-order valence-electron chi connectivity index (χ4n) is 1.44. The zero-order chi connectivity index (χ0) is 11.9. The van der Waals surface area contributed by atoms with Crippen molar-refractivity contribution in [3.05, 3.63) is 0 Å². The molecule has 0 aromatic carbocycles. The van der Waals surface area contributed by atoms with Crippen molar-refractivity contribution in [3.8, 4) is 11.5 Å². The first-order valence-electron chi connectivity index (χ1n) is 5.24. The first-order valence-corrected chi connectivity index (χ1v) is 8.74. The van der Waals surface area contributed by atoms with E-state index >= 15 is 0 Å². The molecular weight excluding hydrogens is 206 g/mol. The first kappa shape index (κ1) is 12.3. The number of carbonyl (C=O) groups is 1. The van der Waals surface area contributed by atoms with E-state index in [2.05, 4.69) is 36.4 Å². The van der Waals surface area contributed by atoms with E-state index in [4.69, 9.17) is 0 Å². The summed E-state index contributed by atoms with van der Waals surface area (Å²) in [6.07, 6.45) is 0. The van der Waals surface area contributed by atoms with Crippen LogP contribution in [-0.4, -0.2) is 30.7 Å². The van der Waals surface area contributed by atoms with Gasteiger partial charge in [-0.15, -0.1) is 5.54 Å². The van der Waals surface area contributed by atoms with Crippen molar-refractivity contribution < 1.29 is 9.90 Å². The number of rotatable bonds is 1. The maximum atomic E-state index is 11.3. The first-order chi connectivity index (χ1) is 6.68. The summed E-state index contributed by atoms with van der Waals surface area (Å²) in [5.74, 6) is 2.59. The van der Waals surface area contributed by atoms with E-state index in [9.17, 15) is 9.90 Å². The van der Waals surface area contributed by atoms with Gasteiger partial charge in [-0.2, -0.15) is 0 Å². The Hall–Kier alpha value is -0.793. The molecule has 1 aliphatic heterocycles. The Labute approximate surface area is 92.3 Å². The molecule has 2 atom stereocenters. The number of hydrogen-bond donors (Lipinski definition) is 2. The number of amides is 1. The van der Waals surface area contributed by atoms with Gasteiger partial charge in [-0.05, 0) is 5.92 Å². The van der Waals surface area contributed by atoms with Crippen LogP contribution in [0, 0.1) is 17.4 Å². The second-order valence-electron chi connectivity index (χ2n) is 5.41. The van der Waals surface area contributed by atoms with Crippen molar-refractivity contribution in [3.63, 3.8) is 0 Å². The molecule has 0 unspecified atom stereocenters. The van der Waals surface area contributed by atoms with Crippen molar-refractivity contribution in [1.29, 1.82) is 0 Å². The smallest absolute Gasteiger partial charge is 0.256 e. The maximum absolute atomic E-state index is 11.3. The minimum atomic E-state index is -1.45. The lowest BCUT2D eigenvalue weighted by Gasteiger charge is -2.44. The van der Waals surface area contributed by atoms with E-state index in [0.717, 1.165) is 0 Å². The molecular formula is C11H19NO2Si. The lowest BCUT2D eigenvalue weighted by Crippen LogP contribution is -2.74. The minimum Gasteiger partial charge on any atom is -0.377 e. The molecule has 1 rings (SSSR count). The molecule has 3 nitrogen and oxygen atoms in total. The Morgan fingerprint density at radius 2 is 2.00 bits per heavy atom. The topological polar surface area (TPSA) is 49.3 Å². The fourth-order valence-corrected chi connectivity index (χ4v) is 2.02. The van der Waals surface area contributed by atoms with Crippen LogP contribution in [0.1, 0.15) is 13.8 Å². The highest BCUT2D eigenvalue weighted by atomic mass is 28.3. The number of hydrogen-bond acceptors (Lipinski definition) is 2. The van der Waals surface area contributed by atoms with Crippen molar-refractivity contribution in [2.45, 2.75) is 45.1 Å². The minimum absolute atomic E-state index is 0.104. The largest absolute Gasteiger partial charge is 0.377 e. The summed E-state index contributed by atoms with van der Waals surface area (Å²) in [7, 11) is -1.45. The summed E-state index contributed by atoms with van der Waals surface area (Å²) >= 11 is 0. The standard InChI is InChI=1S/C11H19NO2Si/c1-8(2)11(14)9(12-10(11)13)6-7-15(3,4)5/h8-9,14H,1-5H3,(H,12,13)/t9-,11-/m1/s1. The van der Waals surface area contributed by atoms with E-state index in [-0.39, 0.29) is 11.8 Å². The normalized spacial score (nSPS) is 30.3. The number of β-lactam (4-membered cyclic amide) rings is 1. The van der Waals surface area contributed by atoms with Gasteiger partial charge in [0.05, 0.1) is 0 Å². The third-order valence-electron chi connectivity index (χ3n) is 2.55. The summed E-state index contributed by atoms with van der Waals surface area (Å²) in [5, 5.41) is 12.8. The molecule has 0 aliphatic carbocycles. The summed E-state index contributed by atoms with van der Waals surface area (Å²) < 4.78 is 0.